The molecule has 0 spiro atoms. The van der Waals surface area contributed by atoms with E-state index in [-0.39, 0.29) is 13.2 Å². The van der Waals surface area contributed by atoms with Crippen LogP contribution in [0, 0.1) is 12.3 Å². The molecule has 1 aromatic carbocycles. The summed E-state index contributed by atoms with van der Waals surface area (Å²) in [6.45, 7) is 3.06. The first-order chi connectivity index (χ1) is 7.74. The number of ether oxygens (including phenoxy) is 1. The molecule has 0 unspecified atom stereocenters. The number of benzene rings is 1. The van der Waals surface area contributed by atoms with Crippen LogP contribution in [-0.2, 0) is 9.53 Å². The molecule has 0 atom stereocenters. The van der Waals surface area contributed by atoms with Crippen LogP contribution in [0.3, 0.4) is 0 Å². The van der Waals surface area contributed by atoms with E-state index in [4.69, 9.17) is 11.5 Å². The minimum absolute atomic E-state index is 0.0465. The molecule has 0 bridgehead atoms. The summed E-state index contributed by atoms with van der Waals surface area (Å²) in [5.74, 6) is 2.03. The monoisotopic (exact) mass is 218 g/mol. The third-order valence-electron chi connectivity index (χ3n) is 1.44. The number of terminal acetylenes is 1. The Morgan fingerprint density at radius 1 is 1.50 bits per heavy atom. The first-order valence-corrected chi connectivity index (χ1v) is 4.66. The fourth-order valence-corrected chi connectivity index (χ4v) is 0.740. The van der Waals surface area contributed by atoms with Crippen LogP contribution in [-0.4, -0.2) is 24.3 Å². The highest BCUT2D eigenvalue weighted by atomic mass is 16.5. The lowest BCUT2D eigenvalue weighted by Gasteiger charge is -1.94. The molecule has 1 aromatic rings. The largest absolute Gasteiger partial charge is 0.460 e. The van der Waals surface area contributed by atoms with E-state index in [0.29, 0.717) is 0 Å². The predicted octanol–water partition coefficient (Wildman–Crippen LogP) is 1.38. The lowest BCUT2D eigenvalue weighted by atomic mass is 10.2. The van der Waals surface area contributed by atoms with Gasteiger partial charge in [-0.15, -0.1) is 6.42 Å². The van der Waals surface area contributed by atoms with Crippen molar-refractivity contribution in [2.75, 3.05) is 13.2 Å². The number of hydrogen-bond donors (Lipinski definition) is 1. The van der Waals surface area contributed by atoms with Gasteiger partial charge in [0.25, 0.3) is 0 Å². The van der Waals surface area contributed by atoms with Crippen LogP contribution in [0.1, 0.15) is 5.56 Å². The number of rotatable bonds is 3. The quantitative estimate of drug-likeness (QED) is 0.473. The number of carbonyl (C=O) groups excluding carboxylic acids is 1. The average Bonchev–Trinajstić information content (AvgIpc) is 2.37. The van der Waals surface area contributed by atoms with E-state index in [0.717, 1.165) is 11.6 Å². The molecular formula is C13H14O3. The maximum atomic E-state index is 10.1. The fraction of sp³-hybridized carbons (Fsp3) is 0.154. The van der Waals surface area contributed by atoms with Gasteiger partial charge >= 0.3 is 5.97 Å². The van der Waals surface area contributed by atoms with Crippen molar-refractivity contribution >= 4 is 5.97 Å². The zero-order valence-corrected chi connectivity index (χ0v) is 8.93. The molecule has 0 saturated heterocycles. The van der Waals surface area contributed by atoms with Crippen LogP contribution in [0.2, 0.25) is 0 Å². The van der Waals surface area contributed by atoms with Crippen molar-refractivity contribution in [2.45, 2.75) is 0 Å². The van der Waals surface area contributed by atoms with Gasteiger partial charge in [0.2, 0.25) is 0 Å². The Labute approximate surface area is 95.4 Å². The summed E-state index contributed by atoms with van der Waals surface area (Å²) in [5, 5.41) is 8.10. The van der Waals surface area contributed by atoms with E-state index < -0.39 is 5.97 Å². The van der Waals surface area contributed by atoms with Crippen LogP contribution >= 0.6 is 0 Å². The summed E-state index contributed by atoms with van der Waals surface area (Å²) >= 11 is 0. The molecule has 16 heavy (non-hydrogen) atoms. The van der Waals surface area contributed by atoms with E-state index >= 15 is 0 Å². The number of aliphatic hydroxyl groups excluding tert-OH is 1. The summed E-state index contributed by atoms with van der Waals surface area (Å²) in [4.78, 5) is 10.1. The third-order valence-corrected chi connectivity index (χ3v) is 1.44. The lowest BCUT2D eigenvalue weighted by Crippen LogP contribution is -2.04. The third kappa shape index (κ3) is 7.36. The number of hydrogen-bond acceptors (Lipinski definition) is 3. The molecule has 0 aliphatic carbocycles. The Hall–Kier alpha value is -2.05. The zero-order valence-electron chi connectivity index (χ0n) is 8.93. The summed E-state index contributed by atoms with van der Waals surface area (Å²) in [6, 6.07) is 9.60. The molecule has 0 aliphatic rings. The van der Waals surface area contributed by atoms with Gasteiger partial charge in [0, 0.05) is 11.6 Å². The van der Waals surface area contributed by atoms with Crippen LogP contribution < -0.4 is 0 Å². The second-order valence-corrected chi connectivity index (χ2v) is 2.61. The van der Waals surface area contributed by atoms with E-state index in [1.54, 1.807) is 0 Å². The van der Waals surface area contributed by atoms with Crippen LogP contribution in [0.25, 0.3) is 0 Å². The fourth-order valence-electron chi connectivity index (χ4n) is 0.740. The molecule has 0 fully saturated rings. The van der Waals surface area contributed by atoms with Crippen molar-refractivity contribution in [3.63, 3.8) is 0 Å². The smallest absolute Gasteiger partial charge is 0.330 e. The van der Waals surface area contributed by atoms with Crippen LogP contribution in [0.15, 0.2) is 43.0 Å². The molecule has 0 aromatic heterocycles. The summed E-state index contributed by atoms with van der Waals surface area (Å²) in [5.41, 5.74) is 0.938. The van der Waals surface area contributed by atoms with Gasteiger partial charge in [0.05, 0.1) is 6.61 Å². The Morgan fingerprint density at radius 2 is 2.12 bits per heavy atom. The van der Waals surface area contributed by atoms with E-state index in [1.165, 1.54) is 0 Å². The maximum absolute atomic E-state index is 10.1. The summed E-state index contributed by atoms with van der Waals surface area (Å²) < 4.78 is 4.33. The van der Waals surface area contributed by atoms with E-state index in [1.807, 2.05) is 30.3 Å². The van der Waals surface area contributed by atoms with Crippen molar-refractivity contribution in [3.05, 3.63) is 48.6 Å². The lowest BCUT2D eigenvalue weighted by molar-refractivity contribution is -0.138. The van der Waals surface area contributed by atoms with Crippen molar-refractivity contribution in [3.8, 4) is 12.3 Å². The molecule has 1 rings (SSSR count). The maximum Gasteiger partial charge on any atom is 0.330 e. The second kappa shape index (κ2) is 9.50. The number of carbonyl (C=O) groups is 1. The van der Waals surface area contributed by atoms with Crippen molar-refractivity contribution < 1.29 is 14.6 Å². The molecule has 3 heteroatoms. The van der Waals surface area contributed by atoms with Crippen LogP contribution in [0.4, 0.5) is 0 Å². The predicted molar refractivity (Wildman–Crippen MR) is 62.6 cm³/mol. The van der Waals surface area contributed by atoms with Gasteiger partial charge in [-0.25, -0.2) is 4.79 Å². The molecule has 1 N–H and O–H groups in total. The first-order valence-electron chi connectivity index (χ1n) is 4.66. The Morgan fingerprint density at radius 3 is 2.50 bits per heavy atom. The van der Waals surface area contributed by atoms with Crippen molar-refractivity contribution in [1.29, 1.82) is 0 Å². The molecule has 84 valence electrons. The standard InChI is InChI=1S/C8H6.C5H8O3/c1-2-8-6-4-3-5-7-8;1-2-5(7)8-4-3-6/h1,3-7H;2,6H,1,3-4H2. The van der Waals surface area contributed by atoms with Crippen LogP contribution in [0.5, 0.6) is 0 Å². The molecule has 0 saturated carbocycles. The molecule has 0 amide bonds. The average molecular weight is 218 g/mol. The van der Waals surface area contributed by atoms with Gasteiger partial charge in [0.1, 0.15) is 6.61 Å². The highest BCUT2D eigenvalue weighted by Crippen LogP contribution is 1.93. The Kier molecular flexibility index (Phi) is 8.29. The first kappa shape index (κ1) is 13.9. The highest BCUT2D eigenvalue weighted by Gasteiger charge is 1.90. The summed E-state index contributed by atoms with van der Waals surface area (Å²) in [7, 11) is 0. The normalized spacial score (nSPS) is 8.00. The molecule has 0 aliphatic heterocycles. The number of esters is 1. The van der Waals surface area contributed by atoms with Gasteiger partial charge in [-0.2, -0.15) is 0 Å². The Bertz CT molecular complexity index is 349. The van der Waals surface area contributed by atoms with E-state index in [9.17, 15) is 4.79 Å². The molecule has 0 heterocycles. The second-order valence-electron chi connectivity index (χ2n) is 2.61. The van der Waals surface area contributed by atoms with Gasteiger partial charge in [-0.1, -0.05) is 30.7 Å². The highest BCUT2D eigenvalue weighted by molar-refractivity contribution is 5.81. The Balaban J connectivity index is 0.000000281. The minimum Gasteiger partial charge on any atom is -0.460 e. The molecule has 3 nitrogen and oxygen atoms in total. The molecule has 0 radical (unpaired) electrons. The topological polar surface area (TPSA) is 46.5 Å². The summed E-state index contributed by atoms with van der Waals surface area (Å²) in [6.07, 6.45) is 6.15. The van der Waals surface area contributed by atoms with E-state index in [2.05, 4.69) is 17.2 Å². The van der Waals surface area contributed by atoms with Crippen molar-refractivity contribution in [1.82, 2.24) is 0 Å². The molecular weight excluding hydrogens is 204 g/mol. The van der Waals surface area contributed by atoms with Crippen molar-refractivity contribution in [2.24, 2.45) is 0 Å². The number of aliphatic hydroxyl groups is 1. The van der Waals surface area contributed by atoms with Gasteiger partial charge in [0.15, 0.2) is 0 Å². The SMILES string of the molecule is C#Cc1ccccc1.C=CC(=O)OCCO. The van der Waals surface area contributed by atoms with Gasteiger partial charge < -0.3 is 9.84 Å². The van der Waals surface area contributed by atoms with Gasteiger partial charge in [-0.05, 0) is 12.1 Å². The van der Waals surface area contributed by atoms with Gasteiger partial charge in [-0.3, -0.25) is 0 Å². The zero-order chi connectivity index (χ0) is 12.2. The minimum atomic E-state index is -0.501.